The molecule has 0 amide bonds. The van der Waals surface area contributed by atoms with Gasteiger partial charge in [-0.1, -0.05) is 41.1 Å². The second-order valence-electron chi connectivity index (χ2n) is 2.76. The van der Waals surface area contributed by atoms with Crippen LogP contribution in [0.15, 0.2) is 30.5 Å². The van der Waals surface area contributed by atoms with E-state index in [-0.39, 0.29) is 0 Å². The Balaban J connectivity index is 2.44. The molecule has 0 radical (unpaired) electrons. The van der Waals surface area contributed by atoms with Crippen molar-refractivity contribution in [1.29, 1.82) is 0 Å². The van der Waals surface area contributed by atoms with Crippen LogP contribution >= 0.6 is 22.9 Å². The van der Waals surface area contributed by atoms with Crippen LogP contribution in [-0.2, 0) is 0 Å². The number of rotatable bonds is 2. The molecule has 0 aliphatic carbocycles. The second-order valence-corrected chi connectivity index (χ2v) is 4.20. The second kappa shape index (κ2) is 3.98. The molecule has 0 spiro atoms. The van der Waals surface area contributed by atoms with E-state index in [9.17, 15) is 0 Å². The highest BCUT2D eigenvalue weighted by Crippen LogP contribution is 2.33. The van der Waals surface area contributed by atoms with Gasteiger partial charge in [-0.25, -0.2) is 4.98 Å². The predicted octanol–water partition coefficient (Wildman–Crippen LogP) is 3.51. The Morgan fingerprint density at radius 1 is 1.36 bits per heavy atom. The molecule has 0 aliphatic rings. The van der Waals surface area contributed by atoms with Gasteiger partial charge in [0.25, 0.3) is 0 Å². The van der Waals surface area contributed by atoms with Gasteiger partial charge in [0.2, 0.25) is 0 Å². The first-order valence-corrected chi connectivity index (χ1v) is 5.39. The van der Waals surface area contributed by atoms with Crippen molar-refractivity contribution in [2.75, 3.05) is 12.4 Å². The van der Waals surface area contributed by atoms with Crippen LogP contribution in [0.25, 0.3) is 10.4 Å². The normalized spacial score (nSPS) is 10.1. The van der Waals surface area contributed by atoms with E-state index in [1.807, 2.05) is 37.5 Å². The molecule has 1 N–H and O–H groups in total. The lowest BCUT2D eigenvalue weighted by Gasteiger charge is -1.98. The molecular formula is C10H9ClN2S. The van der Waals surface area contributed by atoms with Gasteiger partial charge in [-0.2, -0.15) is 0 Å². The summed E-state index contributed by atoms with van der Waals surface area (Å²) in [6, 6.07) is 7.77. The zero-order valence-electron chi connectivity index (χ0n) is 7.62. The molecular weight excluding hydrogens is 216 g/mol. The summed E-state index contributed by atoms with van der Waals surface area (Å²) in [5, 5.41) is 4.67. The van der Waals surface area contributed by atoms with Gasteiger partial charge in [0, 0.05) is 23.8 Å². The monoisotopic (exact) mass is 224 g/mol. The fourth-order valence-corrected chi connectivity index (χ4v) is 2.28. The lowest BCUT2D eigenvalue weighted by molar-refractivity contribution is 1.37. The van der Waals surface area contributed by atoms with Crippen LogP contribution in [0.1, 0.15) is 0 Å². The Morgan fingerprint density at radius 2 is 2.14 bits per heavy atom. The Labute approximate surface area is 91.6 Å². The molecule has 2 rings (SSSR count). The Bertz CT molecular complexity index is 439. The fourth-order valence-electron chi connectivity index (χ4n) is 1.18. The van der Waals surface area contributed by atoms with Gasteiger partial charge < -0.3 is 5.32 Å². The Morgan fingerprint density at radius 3 is 2.79 bits per heavy atom. The molecule has 1 aromatic carbocycles. The quantitative estimate of drug-likeness (QED) is 0.845. The van der Waals surface area contributed by atoms with E-state index in [0.29, 0.717) is 0 Å². The lowest BCUT2D eigenvalue weighted by atomic mass is 10.2. The van der Waals surface area contributed by atoms with Crippen molar-refractivity contribution in [3.05, 3.63) is 35.5 Å². The fraction of sp³-hybridized carbons (Fsp3) is 0.100. The van der Waals surface area contributed by atoms with Crippen molar-refractivity contribution in [2.45, 2.75) is 0 Å². The SMILES string of the molecule is CNc1ncc(-c2ccccc2Cl)s1. The lowest BCUT2D eigenvalue weighted by Crippen LogP contribution is -1.83. The van der Waals surface area contributed by atoms with Gasteiger partial charge in [0.15, 0.2) is 5.13 Å². The summed E-state index contributed by atoms with van der Waals surface area (Å²) in [4.78, 5) is 5.28. The van der Waals surface area contributed by atoms with Crippen molar-refractivity contribution < 1.29 is 0 Å². The van der Waals surface area contributed by atoms with Gasteiger partial charge in [0.05, 0.1) is 4.88 Å². The molecule has 2 nitrogen and oxygen atoms in total. The van der Waals surface area contributed by atoms with E-state index in [2.05, 4.69) is 10.3 Å². The molecule has 0 unspecified atom stereocenters. The summed E-state index contributed by atoms with van der Waals surface area (Å²) in [6.07, 6.45) is 1.83. The minimum Gasteiger partial charge on any atom is -0.365 e. The standard InChI is InChI=1S/C10H9ClN2S/c1-12-10-13-6-9(14-10)7-4-2-3-5-8(7)11/h2-6H,1H3,(H,12,13). The number of hydrogen-bond acceptors (Lipinski definition) is 3. The minimum atomic E-state index is 0.763. The molecule has 1 aromatic heterocycles. The third-order valence-corrected chi connectivity index (χ3v) is 3.24. The highest BCUT2D eigenvalue weighted by molar-refractivity contribution is 7.18. The van der Waals surface area contributed by atoms with Gasteiger partial charge in [-0.15, -0.1) is 0 Å². The maximum atomic E-state index is 6.07. The molecule has 72 valence electrons. The Kier molecular flexibility index (Phi) is 2.70. The number of anilines is 1. The van der Waals surface area contributed by atoms with Gasteiger partial charge >= 0.3 is 0 Å². The van der Waals surface area contributed by atoms with E-state index in [4.69, 9.17) is 11.6 Å². The highest BCUT2D eigenvalue weighted by atomic mass is 35.5. The first kappa shape index (κ1) is 9.49. The maximum Gasteiger partial charge on any atom is 0.182 e. The summed E-state index contributed by atoms with van der Waals surface area (Å²) in [6.45, 7) is 0. The van der Waals surface area contributed by atoms with E-state index in [1.54, 1.807) is 11.3 Å². The molecule has 14 heavy (non-hydrogen) atoms. The summed E-state index contributed by atoms with van der Waals surface area (Å²) < 4.78 is 0. The Hall–Kier alpha value is -1.06. The molecule has 4 heteroatoms. The molecule has 1 heterocycles. The molecule has 0 bridgehead atoms. The third-order valence-electron chi connectivity index (χ3n) is 1.86. The van der Waals surface area contributed by atoms with E-state index in [0.717, 1.165) is 20.6 Å². The average molecular weight is 225 g/mol. The minimum absolute atomic E-state index is 0.763. The molecule has 0 aliphatic heterocycles. The summed E-state index contributed by atoms with van der Waals surface area (Å²) >= 11 is 7.66. The van der Waals surface area contributed by atoms with Crippen molar-refractivity contribution in [3.8, 4) is 10.4 Å². The molecule has 2 aromatic rings. The smallest absolute Gasteiger partial charge is 0.182 e. The van der Waals surface area contributed by atoms with Gasteiger partial charge in [0.1, 0.15) is 0 Å². The van der Waals surface area contributed by atoms with Crippen LogP contribution in [0, 0.1) is 0 Å². The van der Waals surface area contributed by atoms with Crippen LogP contribution < -0.4 is 5.32 Å². The number of benzene rings is 1. The summed E-state index contributed by atoms with van der Waals surface area (Å²) in [5.74, 6) is 0. The molecule has 0 saturated heterocycles. The first-order valence-electron chi connectivity index (χ1n) is 4.20. The zero-order chi connectivity index (χ0) is 9.97. The maximum absolute atomic E-state index is 6.07. The van der Waals surface area contributed by atoms with Crippen LogP contribution in [0.2, 0.25) is 5.02 Å². The zero-order valence-corrected chi connectivity index (χ0v) is 9.19. The number of hydrogen-bond donors (Lipinski definition) is 1. The number of aromatic nitrogens is 1. The number of nitrogens with zero attached hydrogens (tertiary/aromatic N) is 1. The first-order chi connectivity index (χ1) is 6.81. The third kappa shape index (κ3) is 1.74. The summed E-state index contributed by atoms with van der Waals surface area (Å²) in [7, 11) is 1.86. The number of thiazole rings is 1. The number of nitrogens with one attached hydrogen (secondary N) is 1. The molecule has 0 fully saturated rings. The van der Waals surface area contributed by atoms with Crippen molar-refractivity contribution in [1.82, 2.24) is 4.98 Å². The molecule has 0 saturated carbocycles. The highest BCUT2D eigenvalue weighted by Gasteiger charge is 2.05. The van der Waals surface area contributed by atoms with E-state index < -0.39 is 0 Å². The summed E-state index contributed by atoms with van der Waals surface area (Å²) in [5.41, 5.74) is 1.04. The van der Waals surface area contributed by atoms with Crippen molar-refractivity contribution in [2.24, 2.45) is 0 Å². The topological polar surface area (TPSA) is 24.9 Å². The molecule has 0 atom stereocenters. The van der Waals surface area contributed by atoms with Crippen molar-refractivity contribution in [3.63, 3.8) is 0 Å². The van der Waals surface area contributed by atoms with Gasteiger partial charge in [-0.3, -0.25) is 0 Å². The van der Waals surface area contributed by atoms with E-state index >= 15 is 0 Å². The largest absolute Gasteiger partial charge is 0.365 e. The van der Waals surface area contributed by atoms with Crippen LogP contribution in [0.3, 0.4) is 0 Å². The van der Waals surface area contributed by atoms with Crippen LogP contribution in [0.4, 0.5) is 5.13 Å². The van der Waals surface area contributed by atoms with E-state index in [1.165, 1.54) is 0 Å². The predicted molar refractivity (Wildman–Crippen MR) is 62.1 cm³/mol. The van der Waals surface area contributed by atoms with Crippen LogP contribution in [0.5, 0.6) is 0 Å². The van der Waals surface area contributed by atoms with Crippen LogP contribution in [-0.4, -0.2) is 12.0 Å². The average Bonchev–Trinajstić information content (AvgIpc) is 2.67. The van der Waals surface area contributed by atoms with Gasteiger partial charge in [-0.05, 0) is 6.07 Å². The van der Waals surface area contributed by atoms with Crippen molar-refractivity contribution >= 4 is 28.1 Å². The number of halogens is 1.